The monoisotopic (exact) mass is 351 g/mol. The number of anilines is 1. The van der Waals surface area contributed by atoms with E-state index in [1.165, 1.54) is 12.5 Å². The van der Waals surface area contributed by atoms with Crippen molar-refractivity contribution in [1.29, 1.82) is 0 Å². The van der Waals surface area contributed by atoms with Crippen molar-refractivity contribution in [1.82, 2.24) is 10.6 Å². The first-order chi connectivity index (χ1) is 11.1. The van der Waals surface area contributed by atoms with E-state index >= 15 is 0 Å². The van der Waals surface area contributed by atoms with Crippen molar-refractivity contribution in [2.45, 2.75) is 26.4 Å². The fourth-order valence-electron chi connectivity index (χ4n) is 2.04. The van der Waals surface area contributed by atoms with E-state index < -0.39 is 6.04 Å². The molecule has 3 N–H and O–H groups in total. The summed E-state index contributed by atoms with van der Waals surface area (Å²) in [5, 5.41) is 8.72. The highest BCUT2D eigenvalue weighted by atomic mass is 35.5. The standard InChI is InChI=1S/C17H21N3O3.ClH/c1-3-18-10-13-6-4-5-7-15(13)20-16(21)12(2)19-17(22)14-8-9-23-11-14;/h4-9,11-12,18H,3,10H2,1-2H3,(H,19,22)(H,20,21);1H. The first-order valence-electron chi connectivity index (χ1n) is 7.54. The smallest absolute Gasteiger partial charge is 0.255 e. The van der Waals surface area contributed by atoms with Crippen molar-refractivity contribution in [2.75, 3.05) is 11.9 Å². The summed E-state index contributed by atoms with van der Waals surface area (Å²) in [7, 11) is 0. The van der Waals surface area contributed by atoms with Gasteiger partial charge in [-0.25, -0.2) is 0 Å². The molecule has 0 aliphatic rings. The van der Waals surface area contributed by atoms with Gasteiger partial charge in [0.15, 0.2) is 0 Å². The molecule has 0 bridgehead atoms. The van der Waals surface area contributed by atoms with Gasteiger partial charge in [0.25, 0.3) is 5.91 Å². The Labute approximate surface area is 147 Å². The van der Waals surface area contributed by atoms with Crippen LogP contribution in [0, 0.1) is 0 Å². The van der Waals surface area contributed by atoms with E-state index in [1.807, 2.05) is 31.2 Å². The van der Waals surface area contributed by atoms with Gasteiger partial charge in [-0.3, -0.25) is 9.59 Å². The molecule has 1 unspecified atom stereocenters. The van der Waals surface area contributed by atoms with Crippen LogP contribution in [0.1, 0.15) is 29.8 Å². The van der Waals surface area contributed by atoms with Crippen molar-refractivity contribution >= 4 is 29.9 Å². The van der Waals surface area contributed by atoms with Crippen LogP contribution in [0.3, 0.4) is 0 Å². The zero-order valence-corrected chi connectivity index (χ0v) is 14.5. The third kappa shape index (κ3) is 5.40. The normalized spacial score (nSPS) is 11.2. The second-order valence-corrected chi connectivity index (χ2v) is 5.13. The van der Waals surface area contributed by atoms with Crippen LogP contribution in [-0.2, 0) is 11.3 Å². The molecule has 24 heavy (non-hydrogen) atoms. The molecular formula is C17H22ClN3O3. The molecule has 0 saturated heterocycles. The average Bonchev–Trinajstić information content (AvgIpc) is 3.08. The number of para-hydroxylation sites is 1. The van der Waals surface area contributed by atoms with Gasteiger partial charge in [0.05, 0.1) is 11.8 Å². The van der Waals surface area contributed by atoms with Crippen LogP contribution in [0.5, 0.6) is 0 Å². The molecule has 2 aromatic rings. The molecule has 7 heteroatoms. The predicted molar refractivity (Wildman–Crippen MR) is 95.3 cm³/mol. The van der Waals surface area contributed by atoms with Gasteiger partial charge < -0.3 is 20.4 Å². The Bertz CT molecular complexity index is 659. The topological polar surface area (TPSA) is 83.4 Å². The van der Waals surface area contributed by atoms with Crippen LogP contribution < -0.4 is 16.0 Å². The summed E-state index contributed by atoms with van der Waals surface area (Å²) < 4.78 is 4.86. The Kier molecular flexibility index (Phi) is 8.01. The third-order valence-electron chi connectivity index (χ3n) is 3.36. The number of benzene rings is 1. The van der Waals surface area contributed by atoms with E-state index in [4.69, 9.17) is 4.42 Å². The van der Waals surface area contributed by atoms with E-state index in [1.54, 1.807) is 13.0 Å². The van der Waals surface area contributed by atoms with Gasteiger partial charge in [0, 0.05) is 12.2 Å². The lowest BCUT2D eigenvalue weighted by Crippen LogP contribution is -2.41. The highest BCUT2D eigenvalue weighted by Crippen LogP contribution is 2.15. The van der Waals surface area contributed by atoms with Gasteiger partial charge in [-0.2, -0.15) is 0 Å². The summed E-state index contributed by atoms with van der Waals surface area (Å²) in [4.78, 5) is 24.2. The zero-order chi connectivity index (χ0) is 16.7. The summed E-state index contributed by atoms with van der Waals surface area (Å²) in [5.74, 6) is -0.617. The quantitative estimate of drug-likeness (QED) is 0.716. The van der Waals surface area contributed by atoms with Crippen LogP contribution in [0.15, 0.2) is 47.3 Å². The minimum Gasteiger partial charge on any atom is -0.472 e. The molecule has 130 valence electrons. The van der Waals surface area contributed by atoms with E-state index in [9.17, 15) is 9.59 Å². The van der Waals surface area contributed by atoms with Crippen LogP contribution >= 0.6 is 12.4 Å². The van der Waals surface area contributed by atoms with Crippen molar-refractivity contribution < 1.29 is 14.0 Å². The van der Waals surface area contributed by atoms with E-state index in [0.29, 0.717) is 12.1 Å². The van der Waals surface area contributed by atoms with Crippen LogP contribution in [0.2, 0.25) is 0 Å². The first kappa shape index (κ1) is 19.7. The number of furan rings is 1. The summed E-state index contributed by atoms with van der Waals surface area (Å²) in [6.07, 6.45) is 2.75. The Morgan fingerprint density at radius 1 is 1.21 bits per heavy atom. The number of nitrogens with one attached hydrogen (secondary N) is 3. The lowest BCUT2D eigenvalue weighted by molar-refractivity contribution is -0.117. The molecule has 0 spiro atoms. The third-order valence-corrected chi connectivity index (χ3v) is 3.36. The highest BCUT2D eigenvalue weighted by Gasteiger charge is 2.18. The SMILES string of the molecule is CCNCc1ccccc1NC(=O)C(C)NC(=O)c1ccoc1.Cl. The van der Waals surface area contributed by atoms with Gasteiger partial charge in [-0.05, 0) is 31.2 Å². The number of halogens is 1. The summed E-state index contributed by atoms with van der Waals surface area (Å²) in [6, 6.07) is 8.46. The second kappa shape index (κ2) is 9.75. The maximum absolute atomic E-state index is 12.3. The van der Waals surface area contributed by atoms with Gasteiger partial charge >= 0.3 is 0 Å². The number of hydrogen-bond acceptors (Lipinski definition) is 4. The number of hydrogen-bond donors (Lipinski definition) is 3. The Morgan fingerprint density at radius 2 is 1.96 bits per heavy atom. The molecule has 6 nitrogen and oxygen atoms in total. The van der Waals surface area contributed by atoms with Gasteiger partial charge in [-0.1, -0.05) is 25.1 Å². The van der Waals surface area contributed by atoms with Crippen LogP contribution in [0.4, 0.5) is 5.69 Å². The summed E-state index contributed by atoms with van der Waals surface area (Å²) >= 11 is 0. The van der Waals surface area contributed by atoms with Crippen molar-refractivity contribution in [2.24, 2.45) is 0 Å². The van der Waals surface area contributed by atoms with Crippen molar-refractivity contribution in [3.8, 4) is 0 Å². The van der Waals surface area contributed by atoms with Gasteiger partial charge in [0.1, 0.15) is 12.3 Å². The summed E-state index contributed by atoms with van der Waals surface area (Å²) in [5.41, 5.74) is 2.12. The number of carbonyl (C=O) groups excluding carboxylic acids is 2. The van der Waals surface area contributed by atoms with E-state index in [2.05, 4.69) is 16.0 Å². The predicted octanol–water partition coefficient (Wildman–Crippen LogP) is 2.57. The molecular weight excluding hydrogens is 330 g/mol. The fraction of sp³-hybridized carbons (Fsp3) is 0.294. The Balaban J connectivity index is 0.00000288. The lowest BCUT2D eigenvalue weighted by Gasteiger charge is -2.16. The minimum atomic E-state index is -0.662. The maximum Gasteiger partial charge on any atom is 0.255 e. The van der Waals surface area contributed by atoms with E-state index in [0.717, 1.165) is 17.8 Å². The second-order valence-electron chi connectivity index (χ2n) is 5.13. The molecule has 2 amide bonds. The number of rotatable bonds is 7. The Hall–Kier alpha value is -2.31. The number of amides is 2. The minimum absolute atomic E-state index is 0. The molecule has 0 aliphatic heterocycles. The highest BCUT2D eigenvalue weighted by molar-refractivity contribution is 6.01. The molecule has 0 fully saturated rings. The van der Waals surface area contributed by atoms with Gasteiger partial charge in [0.2, 0.25) is 5.91 Å². The molecule has 1 aromatic heterocycles. The van der Waals surface area contributed by atoms with Crippen molar-refractivity contribution in [3.63, 3.8) is 0 Å². The fourth-order valence-corrected chi connectivity index (χ4v) is 2.04. The molecule has 0 radical (unpaired) electrons. The molecule has 2 rings (SSSR count). The molecule has 0 saturated carbocycles. The number of carbonyl (C=O) groups is 2. The molecule has 1 atom stereocenters. The molecule has 0 aliphatic carbocycles. The van der Waals surface area contributed by atoms with Gasteiger partial charge in [-0.15, -0.1) is 12.4 Å². The molecule has 1 heterocycles. The zero-order valence-electron chi connectivity index (χ0n) is 13.7. The lowest BCUT2D eigenvalue weighted by atomic mass is 10.1. The van der Waals surface area contributed by atoms with Crippen LogP contribution in [0.25, 0.3) is 0 Å². The average molecular weight is 352 g/mol. The largest absolute Gasteiger partial charge is 0.472 e. The maximum atomic E-state index is 12.3. The van der Waals surface area contributed by atoms with Crippen molar-refractivity contribution in [3.05, 3.63) is 54.0 Å². The summed E-state index contributed by atoms with van der Waals surface area (Å²) in [6.45, 7) is 5.18. The molecule has 1 aromatic carbocycles. The first-order valence-corrected chi connectivity index (χ1v) is 7.54. The van der Waals surface area contributed by atoms with Crippen LogP contribution in [-0.4, -0.2) is 24.4 Å². The van der Waals surface area contributed by atoms with E-state index in [-0.39, 0.29) is 24.2 Å². The Morgan fingerprint density at radius 3 is 2.62 bits per heavy atom.